The lowest BCUT2D eigenvalue weighted by Gasteiger charge is -2.17. The maximum Gasteiger partial charge on any atom is 0.227 e. The summed E-state index contributed by atoms with van der Waals surface area (Å²) in [5.74, 6) is 0.936. The smallest absolute Gasteiger partial charge is 0.227 e. The number of benzene rings is 2. The van der Waals surface area contributed by atoms with E-state index < -0.39 is 0 Å². The molecule has 2 aromatic carbocycles. The molecule has 2 amide bonds. The molecule has 0 saturated carbocycles. The molecule has 1 saturated heterocycles. The second-order valence-electron chi connectivity index (χ2n) is 6.61. The van der Waals surface area contributed by atoms with Crippen LogP contribution in [0.15, 0.2) is 48.5 Å². The van der Waals surface area contributed by atoms with Crippen LogP contribution < -0.4 is 15.0 Å². The van der Waals surface area contributed by atoms with Crippen LogP contribution in [0.25, 0.3) is 0 Å². The highest BCUT2D eigenvalue weighted by Gasteiger charge is 2.30. The zero-order valence-corrected chi connectivity index (χ0v) is 16.0. The summed E-state index contributed by atoms with van der Waals surface area (Å²) in [5, 5.41) is 3.59. The first kappa shape index (κ1) is 19.2. The molecule has 0 radical (unpaired) electrons. The van der Waals surface area contributed by atoms with Crippen LogP contribution in [-0.4, -0.2) is 31.5 Å². The number of nitrogens with zero attached hydrogens (tertiary/aromatic N) is 1. The molecule has 1 fully saturated rings. The normalized spacial score (nSPS) is 16.4. The molecule has 1 atom stereocenters. The van der Waals surface area contributed by atoms with E-state index in [-0.39, 0.29) is 17.7 Å². The van der Waals surface area contributed by atoms with E-state index in [4.69, 9.17) is 16.3 Å². The molecule has 0 bridgehead atoms. The van der Waals surface area contributed by atoms with Crippen LogP contribution in [0.3, 0.4) is 0 Å². The number of hydrogen-bond donors (Lipinski definition) is 1. The van der Waals surface area contributed by atoms with Crippen molar-refractivity contribution >= 4 is 29.1 Å². The summed E-state index contributed by atoms with van der Waals surface area (Å²) in [4.78, 5) is 26.2. The lowest BCUT2D eigenvalue weighted by Crippen LogP contribution is -2.32. The van der Waals surface area contributed by atoms with E-state index in [0.29, 0.717) is 37.6 Å². The van der Waals surface area contributed by atoms with Crippen molar-refractivity contribution in [3.8, 4) is 5.75 Å². The highest BCUT2D eigenvalue weighted by molar-refractivity contribution is 6.30. The summed E-state index contributed by atoms with van der Waals surface area (Å²) < 4.78 is 5.40. The summed E-state index contributed by atoms with van der Waals surface area (Å²) in [5.41, 5.74) is 1.77. The van der Waals surface area contributed by atoms with Gasteiger partial charge in [-0.25, -0.2) is 0 Å². The average molecular weight is 387 g/mol. The lowest BCUT2D eigenvalue weighted by molar-refractivity contribution is -0.121. The van der Waals surface area contributed by atoms with Gasteiger partial charge in [-0.2, -0.15) is 0 Å². The summed E-state index contributed by atoms with van der Waals surface area (Å²) in [7, 11) is 0. The number of anilines is 1. The van der Waals surface area contributed by atoms with Gasteiger partial charge in [0.15, 0.2) is 0 Å². The van der Waals surface area contributed by atoms with Crippen molar-refractivity contribution in [1.29, 1.82) is 0 Å². The number of amides is 2. The van der Waals surface area contributed by atoms with Crippen molar-refractivity contribution in [2.45, 2.75) is 19.8 Å². The second-order valence-corrected chi connectivity index (χ2v) is 7.05. The Balaban J connectivity index is 1.47. The Morgan fingerprint density at radius 3 is 2.56 bits per heavy atom. The van der Waals surface area contributed by atoms with Crippen molar-refractivity contribution in [3.63, 3.8) is 0 Å². The van der Waals surface area contributed by atoms with Gasteiger partial charge in [-0.3, -0.25) is 9.59 Å². The van der Waals surface area contributed by atoms with E-state index in [2.05, 4.69) is 5.32 Å². The molecule has 1 aliphatic rings. The number of nitrogens with one attached hydrogen (secondary N) is 1. The monoisotopic (exact) mass is 386 g/mol. The molecule has 142 valence electrons. The van der Waals surface area contributed by atoms with Crippen LogP contribution in [-0.2, 0) is 16.0 Å². The fraction of sp³-hybridized carbons (Fsp3) is 0.333. The standard InChI is InChI=1S/C21H23ClN2O3/c1-2-27-19-9-3-15(4-10-19)11-20(25)23-13-16-12-21(26)24(14-16)18-7-5-17(22)6-8-18/h3-10,16H,2,11-14H2,1H3,(H,23,25)/t16-/m1/s1. The highest BCUT2D eigenvalue weighted by atomic mass is 35.5. The fourth-order valence-corrected chi connectivity index (χ4v) is 3.29. The molecule has 2 aromatic rings. The van der Waals surface area contributed by atoms with Crippen molar-refractivity contribution in [3.05, 3.63) is 59.1 Å². The molecule has 1 heterocycles. The third-order valence-corrected chi connectivity index (χ3v) is 4.78. The number of carbonyl (C=O) groups excluding carboxylic acids is 2. The molecule has 6 heteroatoms. The van der Waals surface area contributed by atoms with Gasteiger partial charge in [-0.1, -0.05) is 23.7 Å². The molecule has 27 heavy (non-hydrogen) atoms. The topological polar surface area (TPSA) is 58.6 Å². The Hall–Kier alpha value is -2.53. The summed E-state index contributed by atoms with van der Waals surface area (Å²) >= 11 is 5.90. The van der Waals surface area contributed by atoms with Gasteiger partial charge in [0.2, 0.25) is 11.8 Å². The quantitative estimate of drug-likeness (QED) is 0.792. The number of rotatable bonds is 7. The minimum atomic E-state index is -0.0449. The molecule has 0 aliphatic carbocycles. The zero-order valence-electron chi connectivity index (χ0n) is 15.3. The number of ether oxygens (including phenoxy) is 1. The van der Waals surface area contributed by atoms with Crippen LogP contribution in [0.1, 0.15) is 18.9 Å². The van der Waals surface area contributed by atoms with Crippen molar-refractivity contribution in [2.24, 2.45) is 5.92 Å². The van der Waals surface area contributed by atoms with Gasteiger partial charge < -0.3 is 15.0 Å². The van der Waals surface area contributed by atoms with E-state index in [1.165, 1.54) is 0 Å². The third-order valence-electron chi connectivity index (χ3n) is 4.53. The van der Waals surface area contributed by atoms with Crippen LogP contribution in [0.5, 0.6) is 5.75 Å². The Morgan fingerprint density at radius 1 is 1.19 bits per heavy atom. The van der Waals surface area contributed by atoms with Gasteiger partial charge >= 0.3 is 0 Å². The Kier molecular flexibility index (Phi) is 6.35. The first-order valence-electron chi connectivity index (χ1n) is 9.09. The van der Waals surface area contributed by atoms with E-state index in [0.717, 1.165) is 17.0 Å². The van der Waals surface area contributed by atoms with Gasteiger partial charge in [0.1, 0.15) is 5.75 Å². The average Bonchev–Trinajstić information content (AvgIpc) is 3.03. The molecule has 1 N–H and O–H groups in total. The Morgan fingerprint density at radius 2 is 1.89 bits per heavy atom. The van der Waals surface area contributed by atoms with Crippen molar-refractivity contribution < 1.29 is 14.3 Å². The molecular weight excluding hydrogens is 364 g/mol. The molecule has 0 aromatic heterocycles. The minimum absolute atomic E-state index is 0.0449. The van der Waals surface area contributed by atoms with Gasteiger partial charge in [0.25, 0.3) is 0 Å². The lowest BCUT2D eigenvalue weighted by atomic mass is 10.1. The Labute approximate surface area is 164 Å². The van der Waals surface area contributed by atoms with E-state index in [9.17, 15) is 9.59 Å². The molecule has 5 nitrogen and oxygen atoms in total. The van der Waals surface area contributed by atoms with Crippen LogP contribution >= 0.6 is 11.6 Å². The second kappa shape index (κ2) is 8.91. The van der Waals surface area contributed by atoms with Gasteiger partial charge in [-0.05, 0) is 48.9 Å². The van der Waals surface area contributed by atoms with Crippen LogP contribution in [0.2, 0.25) is 5.02 Å². The molecule has 0 spiro atoms. The number of carbonyl (C=O) groups is 2. The summed E-state index contributed by atoms with van der Waals surface area (Å²) in [6, 6.07) is 14.8. The third kappa shape index (κ3) is 5.23. The molecular formula is C21H23ClN2O3. The maximum absolute atomic E-state index is 12.3. The fourth-order valence-electron chi connectivity index (χ4n) is 3.17. The molecule has 1 aliphatic heterocycles. The first-order chi connectivity index (χ1) is 13.0. The minimum Gasteiger partial charge on any atom is -0.494 e. The predicted octanol–water partition coefficient (Wildman–Crippen LogP) is 3.45. The van der Waals surface area contributed by atoms with E-state index >= 15 is 0 Å². The molecule has 0 unspecified atom stereocenters. The largest absolute Gasteiger partial charge is 0.494 e. The first-order valence-corrected chi connectivity index (χ1v) is 9.47. The summed E-state index contributed by atoms with van der Waals surface area (Å²) in [6.07, 6.45) is 0.750. The van der Waals surface area contributed by atoms with Crippen molar-refractivity contribution in [1.82, 2.24) is 5.32 Å². The van der Waals surface area contributed by atoms with Gasteiger partial charge in [0, 0.05) is 36.1 Å². The van der Waals surface area contributed by atoms with E-state index in [1.54, 1.807) is 17.0 Å². The SMILES string of the molecule is CCOc1ccc(CC(=O)NC[C@H]2CC(=O)N(c3ccc(Cl)cc3)C2)cc1. The number of halogens is 1. The Bertz CT molecular complexity index is 790. The summed E-state index contributed by atoms with van der Waals surface area (Å²) in [6.45, 7) is 3.64. The molecule has 3 rings (SSSR count). The van der Waals surface area contributed by atoms with Gasteiger partial charge in [0.05, 0.1) is 13.0 Å². The van der Waals surface area contributed by atoms with E-state index in [1.807, 2.05) is 43.3 Å². The predicted molar refractivity (Wildman–Crippen MR) is 106 cm³/mol. The highest BCUT2D eigenvalue weighted by Crippen LogP contribution is 2.26. The zero-order chi connectivity index (χ0) is 19.2. The van der Waals surface area contributed by atoms with Crippen LogP contribution in [0.4, 0.5) is 5.69 Å². The van der Waals surface area contributed by atoms with Crippen LogP contribution in [0, 0.1) is 5.92 Å². The maximum atomic E-state index is 12.3. The van der Waals surface area contributed by atoms with Gasteiger partial charge in [-0.15, -0.1) is 0 Å². The number of hydrogen-bond acceptors (Lipinski definition) is 3. The van der Waals surface area contributed by atoms with Crippen molar-refractivity contribution in [2.75, 3.05) is 24.6 Å².